The second-order valence-electron chi connectivity index (χ2n) is 4.53. The SMILES string of the molecule is CNc1cc(C(C)C)nc(-c2ccc(Br)cc2Cl)n1. The molecular formula is C14H15BrClN3. The lowest BCUT2D eigenvalue weighted by Crippen LogP contribution is -2.02. The van der Waals surface area contributed by atoms with Gasteiger partial charge in [0.2, 0.25) is 0 Å². The number of nitrogens with one attached hydrogen (secondary N) is 1. The van der Waals surface area contributed by atoms with Crippen molar-refractivity contribution in [2.75, 3.05) is 12.4 Å². The molecule has 0 saturated heterocycles. The molecule has 3 nitrogen and oxygen atoms in total. The number of anilines is 1. The molecule has 100 valence electrons. The monoisotopic (exact) mass is 339 g/mol. The summed E-state index contributed by atoms with van der Waals surface area (Å²) < 4.78 is 0.940. The summed E-state index contributed by atoms with van der Waals surface area (Å²) in [4.78, 5) is 9.06. The van der Waals surface area contributed by atoms with Crippen LogP contribution in [0.25, 0.3) is 11.4 Å². The van der Waals surface area contributed by atoms with Crippen LogP contribution < -0.4 is 5.32 Å². The van der Waals surface area contributed by atoms with Crippen molar-refractivity contribution in [2.24, 2.45) is 0 Å². The third-order valence-corrected chi connectivity index (χ3v) is 3.57. The summed E-state index contributed by atoms with van der Waals surface area (Å²) in [6.07, 6.45) is 0. The number of aromatic nitrogens is 2. The van der Waals surface area contributed by atoms with Crippen molar-refractivity contribution >= 4 is 33.3 Å². The van der Waals surface area contributed by atoms with Gasteiger partial charge in [-0.15, -0.1) is 0 Å². The minimum atomic E-state index is 0.336. The first-order chi connectivity index (χ1) is 9.01. The molecule has 0 amide bonds. The highest BCUT2D eigenvalue weighted by Gasteiger charge is 2.11. The molecule has 0 aliphatic heterocycles. The molecule has 0 aliphatic rings. The van der Waals surface area contributed by atoms with Crippen LogP contribution in [-0.4, -0.2) is 17.0 Å². The van der Waals surface area contributed by atoms with Crippen molar-refractivity contribution < 1.29 is 0 Å². The highest BCUT2D eigenvalue weighted by Crippen LogP contribution is 2.30. The van der Waals surface area contributed by atoms with E-state index < -0.39 is 0 Å². The van der Waals surface area contributed by atoms with Crippen LogP contribution in [0, 0.1) is 0 Å². The minimum Gasteiger partial charge on any atom is -0.373 e. The molecule has 0 aliphatic carbocycles. The van der Waals surface area contributed by atoms with Gasteiger partial charge in [0.05, 0.1) is 5.02 Å². The summed E-state index contributed by atoms with van der Waals surface area (Å²) in [5.74, 6) is 1.78. The number of halogens is 2. The molecule has 1 aromatic heterocycles. The highest BCUT2D eigenvalue weighted by atomic mass is 79.9. The van der Waals surface area contributed by atoms with E-state index in [2.05, 4.69) is 45.1 Å². The van der Waals surface area contributed by atoms with Gasteiger partial charge in [-0.25, -0.2) is 9.97 Å². The molecule has 0 unspecified atom stereocenters. The van der Waals surface area contributed by atoms with Gasteiger partial charge in [-0.2, -0.15) is 0 Å². The number of rotatable bonds is 3. The Morgan fingerprint density at radius 3 is 2.53 bits per heavy atom. The van der Waals surface area contributed by atoms with E-state index in [1.807, 2.05) is 31.3 Å². The molecule has 0 bridgehead atoms. The van der Waals surface area contributed by atoms with Gasteiger partial charge in [-0.3, -0.25) is 0 Å². The number of benzene rings is 1. The van der Waals surface area contributed by atoms with E-state index in [9.17, 15) is 0 Å². The molecule has 0 spiro atoms. The second kappa shape index (κ2) is 5.88. The maximum Gasteiger partial charge on any atom is 0.163 e. The van der Waals surface area contributed by atoms with Crippen molar-refractivity contribution in [2.45, 2.75) is 19.8 Å². The molecule has 1 N–H and O–H groups in total. The van der Waals surface area contributed by atoms with Crippen LogP contribution in [0.4, 0.5) is 5.82 Å². The number of nitrogens with zero attached hydrogens (tertiary/aromatic N) is 2. The van der Waals surface area contributed by atoms with E-state index >= 15 is 0 Å². The van der Waals surface area contributed by atoms with Gasteiger partial charge in [0.1, 0.15) is 5.82 Å². The molecule has 2 aromatic rings. The topological polar surface area (TPSA) is 37.8 Å². The smallest absolute Gasteiger partial charge is 0.163 e. The first-order valence-electron chi connectivity index (χ1n) is 6.03. The summed E-state index contributed by atoms with van der Waals surface area (Å²) in [6, 6.07) is 7.67. The summed E-state index contributed by atoms with van der Waals surface area (Å²) in [6.45, 7) is 4.21. The lowest BCUT2D eigenvalue weighted by atomic mass is 10.1. The Balaban J connectivity index is 2.57. The molecule has 0 saturated carbocycles. The van der Waals surface area contributed by atoms with Gasteiger partial charge < -0.3 is 5.32 Å². The van der Waals surface area contributed by atoms with Crippen LogP contribution in [0.3, 0.4) is 0 Å². The van der Waals surface area contributed by atoms with E-state index in [4.69, 9.17) is 11.6 Å². The van der Waals surface area contributed by atoms with Gasteiger partial charge in [-0.1, -0.05) is 41.4 Å². The zero-order valence-electron chi connectivity index (χ0n) is 11.0. The van der Waals surface area contributed by atoms with Crippen molar-refractivity contribution in [1.82, 2.24) is 9.97 Å². The standard InChI is InChI=1S/C14H15BrClN3/c1-8(2)12-7-13(17-3)19-14(18-12)10-5-4-9(15)6-11(10)16/h4-8H,1-3H3,(H,17,18,19). The van der Waals surface area contributed by atoms with Crippen molar-refractivity contribution in [3.8, 4) is 11.4 Å². The minimum absolute atomic E-state index is 0.336. The van der Waals surface area contributed by atoms with Gasteiger partial charge in [0, 0.05) is 28.8 Å². The van der Waals surface area contributed by atoms with Crippen LogP contribution in [0.5, 0.6) is 0 Å². The summed E-state index contributed by atoms with van der Waals surface area (Å²) in [7, 11) is 1.85. The van der Waals surface area contributed by atoms with E-state index in [0.717, 1.165) is 21.5 Å². The normalized spacial score (nSPS) is 10.8. The highest BCUT2D eigenvalue weighted by molar-refractivity contribution is 9.10. The molecule has 0 radical (unpaired) electrons. The summed E-state index contributed by atoms with van der Waals surface area (Å²) in [5, 5.41) is 3.70. The predicted octanol–water partition coefficient (Wildman–Crippen LogP) is 4.72. The Bertz CT molecular complexity index is 599. The third-order valence-electron chi connectivity index (χ3n) is 2.77. The maximum absolute atomic E-state index is 6.26. The third kappa shape index (κ3) is 3.25. The fourth-order valence-corrected chi connectivity index (χ4v) is 2.44. The Labute approximate surface area is 126 Å². The van der Waals surface area contributed by atoms with Crippen molar-refractivity contribution in [3.63, 3.8) is 0 Å². The van der Waals surface area contributed by atoms with E-state index in [1.165, 1.54) is 0 Å². The maximum atomic E-state index is 6.26. The zero-order valence-corrected chi connectivity index (χ0v) is 13.4. The Morgan fingerprint density at radius 1 is 1.21 bits per heavy atom. The van der Waals surface area contributed by atoms with Gasteiger partial charge in [0.25, 0.3) is 0 Å². The first kappa shape index (κ1) is 14.3. The average molecular weight is 341 g/mol. The average Bonchev–Trinajstić information content (AvgIpc) is 2.38. The molecule has 5 heteroatoms. The summed E-state index contributed by atoms with van der Waals surface area (Å²) >= 11 is 9.66. The van der Waals surface area contributed by atoms with Crippen LogP contribution in [-0.2, 0) is 0 Å². The molecule has 0 fully saturated rings. The Hall–Kier alpha value is -1.13. The molecule has 19 heavy (non-hydrogen) atoms. The zero-order chi connectivity index (χ0) is 14.0. The van der Waals surface area contributed by atoms with Crippen LogP contribution in [0.2, 0.25) is 5.02 Å². The molecule has 2 rings (SSSR count). The lowest BCUT2D eigenvalue weighted by molar-refractivity contribution is 0.817. The van der Waals surface area contributed by atoms with E-state index in [1.54, 1.807) is 0 Å². The Kier molecular flexibility index (Phi) is 4.42. The van der Waals surface area contributed by atoms with Crippen molar-refractivity contribution in [1.29, 1.82) is 0 Å². The molecule has 1 heterocycles. The fourth-order valence-electron chi connectivity index (χ4n) is 1.68. The number of hydrogen-bond acceptors (Lipinski definition) is 3. The molecule has 1 aromatic carbocycles. The first-order valence-corrected chi connectivity index (χ1v) is 7.20. The molecule has 0 atom stereocenters. The largest absolute Gasteiger partial charge is 0.373 e. The summed E-state index contributed by atoms with van der Waals surface area (Å²) in [5.41, 5.74) is 1.83. The van der Waals surface area contributed by atoms with Crippen LogP contribution in [0.1, 0.15) is 25.5 Å². The van der Waals surface area contributed by atoms with Gasteiger partial charge in [0.15, 0.2) is 5.82 Å². The van der Waals surface area contributed by atoms with Crippen LogP contribution >= 0.6 is 27.5 Å². The van der Waals surface area contributed by atoms with Gasteiger partial charge in [-0.05, 0) is 24.1 Å². The number of hydrogen-bond donors (Lipinski definition) is 1. The van der Waals surface area contributed by atoms with Gasteiger partial charge >= 0.3 is 0 Å². The van der Waals surface area contributed by atoms with Crippen molar-refractivity contribution in [3.05, 3.63) is 39.5 Å². The van der Waals surface area contributed by atoms with Crippen LogP contribution in [0.15, 0.2) is 28.7 Å². The predicted molar refractivity (Wildman–Crippen MR) is 83.8 cm³/mol. The van der Waals surface area contributed by atoms with E-state index in [0.29, 0.717) is 16.8 Å². The Morgan fingerprint density at radius 2 is 1.95 bits per heavy atom. The lowest BCUT2D eigenvalue weighted by Gasteiger charge is -2.11. The molecular weight excluding hydrogens is 326 g/mol. The fraction of sp³-hybridized carbons (Fsp3) is 0.286. The quantitative estimate of drug-likeness (QED) is 0.878. The second-order valence-corrected chi connectivity index (χ2v) is 5.85. The van der Waals surface area contributed by atoms with E-state index in [-0.39, 0.29) is 0 Å².